The van der Waals surface area contributed by atoms with Gasteiger partial charge in [-0.25, -0.2) is 0 Å². The first-order valence-corrected chi connectivity index (χ1v) is 4.48. The molecule has 0 spiro atoms. The van der Waals surface area contributed by atoms with Crippen LogP contribution in [0.5, 0.6) is 5.75 Å². The summed E-state index contributed by atoms with van der Waals surface area (Å²) in [7, 11) is 0. The molecule has 1 aliphatic heterocycles. The largest absolute Gasteiger partial charge is 0.493 e. The molecule has 0 amide bonds. The highest BCUT2D eigenvalue weighted by atomic mass is 16.5. The average Bonchev–Trinajstić information content (AvgIpc) is 2.67. The van der Waals surface area contributed by atoms with Crippen molar-refractivity contribution < 1.29 is 4.74 Å². The zero-order valence-electron chi connectivity index (χ0n) is 7.92. The summed E-state index contributed by atoms with van der Waals surface area (Å²) >= 11 is 0. The van der Waals surface area contributed by atoms with Crippen LogP contribution in [0.3, 0.4) is 0 Å². The fraction of sp³-hybridized carbons (Fsp3) is 0.333. The van der Waals surface area contributed by atoms with Crippen LogP contribution in [0, 0.1) is 12.8 Å². The number of ether oxygens (including phenoxy) is 1. The van der Waals surface area contributed by atoms with E-state index in [9.17, 15) is 0 Å². The molecule has 1 aromatic carbocycles. The van der Waals surface area contributed by atoms with Crippen molar-refractivity contribution in [3.63, 3.8) is 0 Å². The zero-order chi connectivity index (χ0) is 9.68. The van der Waals surface area contributed by atoms with E-state index in [2.05, 4.69) is 38.0 Å². The van der Waals surface area contributed by atoms with Gasteiger partial charge in [-0.3, -0.25) is 0 Å². The molecule has 0 saturated heterocycles. The number of rotatable bonds is 1. The van der Waals surface area contributed by atoms with Crippen molar-refractivity contribution in [2.75, 3.05) is 6.61 Å². The van der Waals surface area contributed by atoms with Crippen molar-refractivity contribution in [3.05, 3.63) is 29.3 Å². The fourth-order valence-electron chi connectivity index (χ4n) is 1.43. The van der Waals surface area contributed by atoms with Gasteiger partial charge in [-0.1, -0.05) is 19.1 Å². The molecule has 1 aromatic rings. The van der Waals surface area contributed by atoms with Crippen LogP contribution in [0.4, 0.5) is 0 Å². The molecular formula is C12H14O. The second kappa shape index (κ2) is 4.57. The van der Waals surface area contributed by atoms with Gasteiger partial charge in [0.2, 0.25) is 0 Å². The average molecular weight is 174 g/mol. The second-order valence-electron chi connectivity index (χ2n) is 2.89. The highest BCUT2D eigenvalue weighted by Gasteiger charge is 2.10. The van der Waals surface area contributed by atoms with Crippen molar-refractivity contribution in [2.45, 2.75) is 19.8 Å². The van der Waals surface area contributed by atoms with E-state index in [1.807, 2.05) is 0 Å². The van der Waals surface area contributed by atoms with Gasteiger partial charge in [-0.2, -0.15) is 0 Å². The number of hydrogen-bond donors (Lipinski definition) is 0. The van der Waals surface area contributed by atoms with Crippen LogP contribution < -0.4 is 4.74 Å². The molecule has 13 heavy (non-hydrogen) atoms. The van der Waals surface area contributed by atoms with E-state index in [0.29, 0.717) is 0 Å². The van der Waals surface area contributed by atoms with Crippen LogP contribution >= 0.6 is 0 Å². The maximum Gasteiger partial charge on any atom is 0.122 e. The Labute approximate surface area is 79.7 Å². The minimum absolute atomic E-state index is 0.864. The lowest BCUT2D eigenvalue weighted by molar-refractivity contribution is 0.356. The second-order valence-corrected chi connectivity index (χ2v) is 2.89. The molecular weight excluding hydrogens is 160 g/mol. The van der Waals surface area contributed by atoms with E-state index < -0.39 is 0 Å². The molecule has 0 radical (unpaired) electrons. The summed E-state index contributed by atoms with van der Waals surface area (Å²) in [6, 6.07) is 6.52. The number of fused-ring (bicyclic) bond motifs is 1. The number of terminal acetylenes is 1. The van der Waals surface area contributed by atoms with Gasteiger partial charge in [0.1, 0.15) is 5.75 Å². The summed E-state index contributed by atoms with van der Waals surface area (Å²) in [5, 5.41) is 0. The lowest BCUT2D eigenvalue weighted by Crippen LogP contribution is -1.86. The third-order valence-corrected chi connectivity index (χ3v) is 2.17. The minimum atomic E-state index is 0.864. The molecule has 68 valence electrons. The fourth-order valence-corrected chi connectivity index (χ4v) is 1.43. The molecule has 0 bridgehead atoms. The lowest BCUT2D eigenvalue weighted by Gasteiger charge is -2.00. The van der Waals surface area contributed by atoms with Gasteiger partial charge < -0.3 is 4.74 Å². The third kappa shape index (κ3) is 2.03. The smallest absolute Gasteiger partial charge is 0.122 e. The van der Waals surface area contributed by atoms with Gasteiger partial charge in [0.25, 0.3) is 0 Å². The van der Waals surface area contributed by atoms with E-state index in [1.54, 1.807) is 0 Å². The quantitative estimate of drug-likeness (QED) is 0.594. The Hall–Kier alpha value is -1.42. The summed E-state index contributed by atoms with van der Waals surface area (Å²) in [5.41, 5.74) is 2.73. The summed E-state index contributed by atoms with van der Waals surface area (Å²) in [6.45, 7) is 3.03. The van der Waals surface area contributed by atoms with Gasteiger partial charge >= 0.3 is 0 Å². The zero-order valence-corrected chi connectivity index (χ0v) is 7.92. The summed E-state index contributed by atoms with van der Waals surface area (Å²) in [6.07, 6.45) is 10.2. The Balaban J connectivity index is 0.000000396. The molecule has 2 rings (SSSR count). The molecule has 1 nitrogen and oxygen atoms in total. The third-order valence-electron chi connectivity index (χ3n) is 2.17. The minimum Gasteiger partial charge on any atom is -0.493 e. The van der Waals surface area contributed by atoms with Crippen molar-refractivity contribution in [1.29, 1.82) is 0 Å². The maximum atomic E-state index is 5.44. The Bertz CT molecular complexity index is 299. The maximum absolute atomic E-state index is 5.44. The van der Waals surface area contributed by atoms with Gasteiger partial charge in [0.15, 0.2) is 0 Å². The normalized spacial score (nSPS) is 12.2. The number of benzene rings is 1. The topological polar surface area (TPSA) is 9.23 Å². The van der Waals surface area contributed by atoms with Gasteiger partial charge in [0, 0.05) is 6.42 Å². The molecule has 0 saturated carbocycles. The van der Waals surface area contributed by atoms with Gasteiger partial charge in [-0.15, -0.1) is 12.8 Å². The van der Waals surface area contributed by atoms with Crippen molar-refractivity contribution in [1.82, 2.24) is 0 Å². The first kappa shape index (κ1) is 9.67. The highest BCUT2D eigenvalue weighted by molar-refractivity contribution is 5.39. The summed E-state index contributed by atoms with van der Waals surface area (Å²) < 4.78 is 5.44. The predicted molar refractivity (Wildman–Crippen MR) is 54.9 cm³/mol. The van der Waals surface area contributed by atoms with E-state index in [-0.39, 0.29) is 0 Å². The number of aryl methyl sites for hydroxylation is 1. The van der Waals surface area contributed by atoms with Crippen molar-refractivity contribution >= 4 is 0 Å². The predicted octanol–water partition coefficient (Wildman–Crippen LogP) is 2.43. The van der Waals surface area contributed by atoms with Gasteiger partial charge in [-0.05, 0) is 23.6 Å². The molecule has 0 unspecified atom stereocenters. The van der Waals surface area contributed by atoms with Crippen LogP contribution in [0.2, 0.25) is 0 Å². The Kier molecular flexibility index (Phi) is 3.40. The lowest BCUT2D eigenvalue weighted by atomic mass is 10.1. The molecule has 0 N–H and O–H groups in total. The molecule has 1 heterocycles. The first-order valence-electron chi connectivity index (χ1n) is 4.48. The molecule has 0 aromatic heterocycles. The highest BCUT2D eigenvalue weighted by Crippen LogP contribution is 2.25. The Morgan fingerprint density at radius 2 is 2.15 bits per heavy atom. The van der Waals surface area contributed by atoms with E-state index >= 15 is 0 Å². The van der Waals surface area contributed by atoms with Crippen LogP contribution in [0.15, 0.2) is 18.2 Å². The van der Waals surface area contributed by atoms with E-state index in [1.165, 1.54) is 11.1 Å². The Morgan fingerprint density at radius 1 is 1.38 bits per heavy atom. The molecule has 1 aliphatic rings. The first-order chi connectivity index (χ1) is 6.40. The summed E-state index contributed by atoms with van der Waals surface area (Å²) in [4.78, 5) is 0. The van der Waals surface area contributed by atoms with Crippen molar-refractivity contribution in [2.24, 2.45) is 0 Å². The van der Waals surface area contributed by atoms with E-state index in [4.69, 9.17) is 4.74 Å². The monoisotopic (exact) mass is 174 g/mol. The van der Waals surface area contributed by atoms with E-state index in [0.717, 1.165) is 25.2 Å². The molecule has 0 fully saturated rings. The molecule has 0 atom stereocenters. The Morgan fingerprint density at radius 3 is 2.85 bits per heavy atom. The summed E-state index contributed by atoms with van der Waals surface area (Å²) in [5.74, 6) is 1.10. The van der Waals surface area contributed by atoms with Gasteiger partial charge in [0.05, 0.1) is 6.61 Å². The standard InChI is InChI=1S/C10H12O.C2H2/c1-2-8-3-4-9-5-6-11-10(9)7-8;1-2/h3-4,7H,2,5-6H2,1H3;1-2H. The molecule has 1 heteroatoms. The van der Waals surface area contributed by atoms with Crippen LogP contribution in [0.1, 0.15) is 18.1 Å². The van der Waals surface area contributed by atoms with Crippen LogP contribution in [-0.4, -0.2) is 6.61 Å². The van der Waals surface area contributed by atoms with Crippen LogP contribution in [-0.2, 0) is 12.8 Å². The van der Waals surface area contributed by atoms with Crippen LogP contribution in [0.25, 0.3) is 0 Å². The number of hydrogen-bond acceptors (Lipinski definition) is 1. The molecule has 0 aliphatic carbocycles. The van der Waals surface area contributed by atoms with Crippen molar-refractivity contribution in [3.8, 4) is 18.6 Å². The SMILES string of the molecule is C#C.CCc1ccc2c(c1)OCC2.